The molecule has 2 aromatic rings. The lowest BCUT2D eigenvalue weighted by Gasteiger charge is -2.13. The molecule has 0 radical (unpaired) electrons. The molecule has 0 atom stereocenters. The molecule has 1 aromatic heterocycles. The van der Waals surface area contributed by atoms with Crippen LogP contribution in [0.15, 0.2) is 27.8 Å². The van der Waals surface area contributed by atoms with Gasteiger partial charge in [-0.2, -0.15) is 0 Å². The first-order chi connectivity index (χ1) is 9.52. The Morgan fingerprint density at radius 1 is 1.40 bits per heavy atom. The molecule has 108 valence electrons. The fraction of sp³-hybridized carbons (Fsp3) is 0.385. The largest absolute Gasteiger partial charge is 0.324 e. The third-order valence-electron chi connectivity index (χ3n) is 2.81. The maximum atomic E-state index is 6.22. The second kappa shape index (κ2) is 6.93. The molecule has 0 unspecified atom stereocenters. The molecule has 0 aliphatic rings. The quantitative estimate of drug-likeness (QED) is 0.802. The summed E-state index contributed by atoms with van der Waals surface area (Å²) in [4.78, 5) is 0. The monoisotopic (exact) mass is 374 g/mol. The molecule has 0 spiro atoms. The predicted molar refractivity (Wildman–Crippen MR) is 87.0 cm³/mol. The SMILES string of the molecule is CC(C)n1c(CN)nnc1SCc1ccc(Br)cc1Cl. The first kappa shape index (κ1) is 15.8. The van der Waals surface area contributed by atoms with E-state index in [9.17, 15) is 0 Å². The topological polar surface area (TPSA) is 56.7 Å². The Bertz CT molecular complexity index is 600. The van der Waals surface area contributed by atoms with E-state index in [-0.39, 0.29) is 6.04 Å². The Hall–Kier alpha value is -0.560. The molecule has 7 heteroatoms. The summed E-state index contributed by atoms with van der Waals surface area (Å²) in [5.74, 6) is 1.56. The van der Waals surface area contributed by atoms with E-state index in [4.69, 9.17) is 17.3 Å². The normalized spacial score (nSPS) is 11.3. The number of rotatable bonds is 5. The van der Waals surface area contributed by atoms with Gasteiger partial charge in [0.15, 0.2) is 5.16 Å². The van der Waals surface area contributed by atoms with E-state index >= 15 is 0 Å². The number of aromatic nitrogens is 3. The van der Waals surface area contributed by atoms with Crippen LogP contribution < -0.4 is 5.73 Å². The van der Waals surface area contributed by atoms with E-state index in [1.165, 1.54) is 0 Å². The Morgan fingerprint density at radius 3 is 2.75 bits per heavy atom. The zero-order valence-corrected chi connectivity index (χ0v) is 14.5. The van der Waals surface area contributed by atoms with Crippen LogP contribution in [0.5, 0.6) is 0 Å². The highest BCUT2D eigenvalue weighted by molar-refractivity contribution is 9.10. The van der Waals surface area contributed by atoms with Gasteiger partial charge < -0.3 is 10.3 Å². The minimum atomic E-state index is 0.284. The average Bonchev–Trinajstić information content (AvgIpc) is 2.80. The van der Waals surface area contributed by atoms with Gasteiger partial charge in [-0.25, -0.2) is 0 Å². The lowest BCUT2D eigenvalue weighted by atomic mass is 10.2. The van der Waals surface area contributed by atoms with Gasteiger partial charge in [0.1, 0.15) is 5.82 Å². The third kappa shape index (κ3) is 3.55. The fourth-order valence-corrected chi connectivity index (χ4v) is 3.75. The zero-order valence-electron chi connectivity index (χ0n) is 11.3. The van der Waals surface area contributed by atoms with Gasteiger partial charge in [0, 0.05) is 21.3 Å². The van der Waals surface area contributed by atoms with Crippen LogP contribution >= 0.6 is 39.3 Å². The maximum Gasteiger partial charge on any atom is 0.191 e. The van der Waals surface area contributed by atoms with E-state index in [0.29, 0.717) is 6.54 Å². The van der Waals surface area contributed by atoms with E-state index in [2.05, 4.69) is 44.5 Å². The summed E-state index contributed by atoms with van der Waals surface area (Å²) in [5.41, 5.74) is 6.77. The summed E-state index contributed by atoms with van der Waals surface area (Å²) in [6.45, 7) is 4.59. The van der Waals surface area contributed by atoms with Crippen molar-refractivity contribution < 1.29 is 0 Å². The van der Waals surface area contributed by atoms with Crippen molar-refractivity contribution in [3.8, 4) is 0 Å². The van der Waals surface area contributed by atoms with Crippen molar-refractivity contribution >= 4 is 39.3 Å². The Kier molecular flexibility index (Phi) is 5.49. The number of nitrogens with zero attached hydrogens (tertiary/aromatic N) is 3. The van der Waals surface area contributed by atoms with Crippen molar-refractivity contribution in [3.63, 3.8) is 0 Å². The minimum Gasteiger partial charge on any atom is -0.324 e. The lowest BCUT2D eigenvalue weighted by molar-refractivity contribution is 0.526. The van der Waals surface area contributed by atoms with Crippen molar-refractivity contribution in [1.82, 2.24) is 14.8 Å². The number of hydrogen-bond donors (Lipinski definition) is 1. The molecule has 4 nitrogen and oxygen atoms in total. The molecule has 0 bridgehead atoms. The van der Waals surface area contributed by atoms with Gasteiger partial charge >= 0.3 is 0 Å². The van der Waals surface area contributed by atoms with Gasteiger partial charge in [0.25, 0.3) is 0 Å². The highest BCUT2D eigenvalue weighted by Crippen LogP contribution is 2.29. The van der Waals surface area contributed by atoms with Crippen LogP contribution in [0.4, 0.5) is 0 Å². The molecular formula is C13H16BrClN4S. The zero-order chi connectivity index (χ0) is 14.7. The average molecular weight is 376 g/mol. The number of benzene rings is 1. The second-order valence-corrected chi connectivity index (χ2v) is 6.86. The second-order valence-electron chi connectivity index (χ2n) is 4.59. The highest BCUT2D eigenvalue weighted by atomic mass is 79.9. The smallest absolute Gasteiger partial charge is 0.191 e. The minimum absolute atomic E-state index is 0.284. The van der Waals surface area contributed by atoms with Gasteiger partial charge in [-0.05, 0) is 31.5 Å². The molecule has 1 aromatic carbocycles. The molecular weight excluding hydrogens is 360 g/mol. The van der Waals surface area contributed by atoms with Gasteiger partial charge in [0.2, 0.25) is 0 Å². The van der Waals surface area contributed by atoms with Gasteiger partial charge in [-0.1, -0.05) is 45.4 Å². The molecule has 0 aliphatic carbocycles. The van der Waals surface area contributed by atoms with Gasteiger partial charge in [-0.15, -0.1) is 10.2 Å². The molecule has 2 rings (SSSR count). The van der Waals surface area contributed by atoms with Crippen LogP contribution in [-0.4, -0.2) is 14.8 Å². The maximum absolute atomic E-state index is 6.22. The highest BCUT2D eigenvalue weighted by Gasteiger charge is 2.14. The third-order valence-corrected chi connectivity index (χ3v) is 4.64. The van der Waals surface area contributed by atoms with Crippen molar-refractivity contribution in [3.05, 3.63) is 39.1 Å². The van der Waals surface area contributed by atoms with E-state index < -0.39 is 0 Å². The van der Waals surface area contributed by atoms with E-state index in [1.807, 2.05) is 18.2 Å². The van der Waals surface area contributed by atoms with Crippen molar-refractivity contribution in [2.45, 2.75) is 37.3 Å². The molecule has 0 saturated heterocycles. The summed E-state index contributed by atoms with van der Waals surface area (Å²) >= 11 is 11.2. The molecule has 20 heavy (non-hydrogen) atoms. The standard InChI is InChI=1S/C13H16BrClN4S/c1-8(2)19-12(6-16)17-18-13(19)20-7-9-3-4-10(14)5-11(9)15/h3-5,8H,6-7,16H2,1-2H3. The predicted octanol–water partition coefficient (Wildman–Crippen LogP) is 4.03. The number of hydrogen-bond acceptors (Lipinski definition) is 4. The number of nitrogens with two attached hydrogens (primary N) is 1. The van der Waals surface area contributed by atoms with Gasteiger partial charge in [-0.3, -0.25) is 0 Å². The number of halogens is 2. The summed E-state index contributed by atoms with van der Waals surface area (Å²) in [6, 6.07) is 6.18. The first-order valence-electron chi connectivity index (χ1n) is 6.23. The summed E-state index contributed by atoms with van der Waals surface area (Å²) in [7, 11) is 0. The molecule has 0 aliphatic heterocycles. The molecule has 0 fully saturated rings. The summed E-state index contributed by atoms with van der Waals surface area (Å²) in [5, 5.41) is 9.97. The number of thioether (sulfide) groups is 1. The lowest BCUT2D eigenvalue weighted by Crippen LogP contribution is -2.11. The van der Waals surface area contributed by atoms with Crippen LogP contribution in [0.3, 0.4) is 0 Å². The van der Waals surface area contributed by atoms with E-state index in [0.717, 1.165) is 31.8 Å². The van der Waals surface area contributed by atoms with Crippen LogP contribution in [-0.2, 0) is 12.3 Å². The molecule has 1 heterocycles. The van der Waals surface area contributed by atoms with Crippen LogP contribution in [0.25, 0.3) is 0 Å². The van der Waals surface area contributed by atoms with Crippen LogP contribution in [0, 0.1) is 0 Å². The molecule has 0 amide bonds. The Balaban J connectivity index is 2.17. The van der Waals surface area contributed by atoms with E-state index in [1.54, 1.807) is 11.8 Å². The van der Waals surface area contributed by atoms with Crippen LogP contribution in [0.1, 0.15) is 31.3 Å². The van der Waals surface area contributed by atoms with Crippen molar-refractivity contribution in [2.75, 3.05) is 0 Å². The molecule has 0 saturated carbocycles. The Morgan fingerprint density at radius 2 is 2.15 bits per heavy atom. The summed E-state index contributed by atoms with van der Waals surface area (Å²) < 4.78 is 3.05. The first-order valence-corrected chi connectivity index (χ1v) is 8.39. The Labute approximate surface area is 136 Å². The summed E-state index contributed by atoms with van der Waals surface area (Å²) in [6.07, 6.45) is 0. The molecule has 2 N–H and O–H groups in total. The fourth-order valence-electron chi connectivity index (χ4n) is 1.84. The van der Waals surface area contributed by atoms with Crippen LogP contribution in [0.2, 0.25) is 5.02 Å². The van der Waals surface area contributed by atoms with Gasteiger partial charge in [0.05, 0.1) is 6.54 Å². The van der Waals surface area contributed by atoms with Crippen molar-refractivity contribution in [2.24, 2.45) is 5.73 Å². The van der Waals surface area contributed by atoms with Crippen molar-refractivity contribution in [1.29, 1.82) is 0 Å².